The van der Waals surface area contributed by atoms with E-state index >= 15 is 0 Å². The SMILES string of the molecule is Cc1ccc2nc(SCC(=O)[O-])c(C)cc2c1. The van der Waals surface area contributed by atoms with Gasteiger partial charge in [0.1, 0.15) is 0 Å². The molecular formula is C13H12NO2S-. The van der Waals surface area contributed by atoms with E-state index in [4.69, 9.17) is 0 Å². The maximum Gasteiger partial charge on any atom is 0.1000 e. The molecule has 0 saturated carbocycles. The van der Waals surface area contributed by atoms with Gasteiger partial charge in [-0.3, -0.25) is 0 Å². The van der Waals surface area contributed by atoms with Gasteiger partial charge in [0.25, 0.3) is 0 Å². The third-order valence-corrected chi connectivity index (χ3v) is 3.51. The molecular weight excluding hydrogens is 234 g/mol. The molecule has 0 bridgehead atoms. The summed E-state index contributed by atoms with van der Waals surface area (Å²) in [7, 11) is 0. The van der Waals surface area contributed by atoms with Crippen LogP contribution in [0.15, 0.2) is 29.3 Å². The zero-order valence-corrected chi connectivity index (χ0v) is 10.5. The topological polar surface area (TPSA) is 53.0 Å². The van der Waals surface area contributed by atoms with Crippen molar-refractivity contribution >= 4 is 28.6 Å². The van der Waals surface area contributed by atoms with Crippen molar-refractivity contribution in [3.05, 3.63) is 35.4 Å². The molecule has 1 aromatic heterocycles. The van der Waals surface area contributed by atoms with E-state index in [1.165, 1.54) is 17.3 Å². The van der Waals surface area contributed by atoms with Crippen molar-refractivity contribution in [1.29, 1.82) is 0 Å². The van der Waals surface area contributed by atoms with E-state index < -0.39 is 5.97 Å². The number of hydrogen-bond donors (Lipinski definition) is 0. The maximum atomic E-state index is 10.4. The molecule has 2 rings (SSSR count). The van der Waals surface area contributed by atoms with Crippen LogP contribution in [-0.4, -0.2) is 16.7 Å². The quantitative estimate of drug-likeness (QED) is 0.773. The van der Waals surface area contributed by atoms with Crippen LogP contribution in [0.25, 0.3) is 10.9 Å². The highest BCUT2D eigenvalue weighted by molar-refractivity contribution is 7.99. The smallest absolute Gasteiger partial charge is 0.1000 e. The second-order valence-corrected chi connectivity index (χ2v) is 4.93. The molecule has 1 aromatic carbocycles. The van der Waals surface area contributed by atoms with Crippen LogP contribution in [-0.2, 0) is 4.79 Å². The molecule has 0 aliphatic rings. The second-order valence-electron chi connectivity index (χ2n) is 3.97. The minimum Gasteiger partial charge on any atom is -0.549 e. The largest absolute Gasteiger partial charge is 0.549 e. The van der Waals surface area contributed by atoms with Gasteiger partial charge in [0.05, 0.1) is 16.5 Å². The first-order chi connectivity index (χ1) is 8.06. The fourth-order valence-corrected chi connectivity index (χ4v) is 2.36. The zero-order chi connectivity index (χ0) is 12.4. The molecule has 4 heteroatoms. The van der Waals surface area contributed by atoms with Crippen LogP contribution >= 0.6 is 11.8 Å². The van der Waals surface area contributed by atoms with Crippen LogP contribution in [0.3, 0.4) is 0 Å². The fraction of sp³-hybridized carbons (Fsp3) is 0.231. The Balaban J connectivity index is 2.41. The monoisotopic (exact) mass is 246 g/mol. The molecule has 0 fully saturated rings. The first-order valence-corrected chi connectivity index (χ1v) is 6.25. The summed E-state index contributed by atoms with van der Waals surface area (Å²) < 4.78 is 0. The van der Waals surface area contributed by atoms with Crippen LogP contribution in [0.5, 0.6) is 0 Å². The Morgan fingerprint density at radius 1 is 1.35 bits per heavy atom. The number of thioether (sulfide) groups is 1. The summed E-state index contributed by atoms with van der Waals surface area (Å²) in [5.74, 6) is -1.13. The number of hydrogen-bond acceptors (Lipinski definition) is 4. The number of benzene rings is 1. The lowest BCUT2D eigenvalue weighted by Gasteiger charge is -2.07. The van der Waals surface area contributed by atoms with E-state index in [0.717, 1.165) is 21.5 Å². The lowest BCUT2D eigenvalue weighted by atomic mass is 10.1. The van der Waals surface area contributed by atoms with E-state index in [9.17, 15) is 9.90 Å². The normalized spacial score (nSPS) is 10.7. The number of rotatable bonds is 3. The minimum absolute atomic E-state index is 0.0643. The number of aliphatic carboxylic acids is 1. The summed E-state index contributed by atoms with van der Waals surface area (Å²) in [5.41, 5.74) is 3.07. The Labute approximate surface area is 104 Å². The lowest BCUT2D eigenvalue weighted by molar-refractivity contribution is -0.301. The Morgan fingerprint density at radius 2 is 2.12 bits per heavy atom. The molecule has 17 heavy (non-hydrogen) atoms. The first-order valence-electron chi connectivity index (χ1n) is 5.27. The molecule has 0 N–H and O–H groups in total. The van der Waals surface area contributed by atoms with Gasteiger partial charge in [-0.25, -0.2) is 4.98 Å². The van der Waals surface area contributed by atoms with Crippen LogP contribution in [0.1, 0.15) is 11.1 Å². The molecule has 1 heterocycles. The number of nitrogens with zero attached hydrogens (tertiary/aromatic N) is 1. The van der Waals surface area contributed by atoms with E-state index in [1.54, 1.807) is 0 Å². The molecule has 88 valence electrons. The number of carbonyl (C=O) groups excluding carboxylic acids is 1. The molecule has 0 unspecified atom stereocenters. The number of fused-ring (bicyclic) bond motifs is 1. The molecule has 2 aromatic rings. The molecule has 0 spiro atoms. The van der Waals surface area contributed by atoms with E-state index in [-0.39, 0.29) is 5.75 Å². The van der Waals surface area contributed by atoms with Gasteiger partial charge in [0.15, 0.2) is 0 Å². The van der Waals surface area contributed by atoms with Crippen LogP contribution < -0.4 is 5.11 Å². The predicted octanol–water partition coefficient (Wildman–Crippen LogP) is 1.69. The van der Waals surface area contributed by atoms with Crippen LogP contribution in [0.2, 0.25) is 0 Å². The first kappa shape index (κ1) is 11.9. The van der Waals surface area contributed by atoms with Gasteiger partial charge in [-0.15, -0.1) is 11.8 Å². The Hall–Kier alpha value is -1.55. The number of carboxylic acids is 1. The van der Waals surface area contributed by atoms with Crippen molar-refractivity contribution < 1.29 is 9.90 Å². The van der Waals surface area contributed by atoms with Crippen molar-refractivity contribution in [2.24, 2.45) is 0 Å². The van der Waals surface area contributed by atoms with Gasteiger partial charge in [-0.2, -0.15) is 0 Å². The number of aromatic nitrogens is 1. The second kappa shape index (κ2) is 4.75. The lowest BCUT2D eigenvalue weighted by Crippen LogP contribution is -2.24. The molecule has 0 aliphatic heterocycles. The van der Waals surface area contributed by atoms with E-state index in [2.05, 4.69) is 11.1 Å². The van der Waals surface area contributed by atoms with E-state index in [0.29, 0.717) is 0 Å². The van der Waals surface area contributed by atoms with Gasteiger partial charge in [-0.05, 0) is 37.6 Å². The molecule has 0 radical (unpaired) electrons. The van der Waals surface area contributed by atoms with Crippen LogP contribution in [0, 0.1) is 13.8 Å². The number of pyridine rings is 1. The molecule has 0 aliphatic carbocycles. The van der Waals surface area contributed by atoms with Gasteiger partial charge in [0.2, 0.25) is 0 Å². The average molecular weight is 246 g/mol. The number of aryl methyl sites for hydroxylation is 2. The number of carboxylic acid groups (broad SMARTS) is 1. The van der Waals surface area contributed by atoms with Gasteiger partial charge < -0.3 is 9.90 Å². The highest BCUT2D eigenvalue weighted by Gasteiger charge is 2.04. The zero-order valence-electron chi connectivity index (χ0n) is 9.69. The standard InChI is InChI=1S/C13H13NO2S/c1-8-3-4-11-10(5-8)6-9(2)13(14-11)17-7-12(15)16/h3-6H,7H2,1-2H3,(H,15,16)/p-1. The van der Waals surface area contributed by atoms with Gasteiger partial charge in [-0.1, -0.05) is 11.6 Å². The van der Waals surface area contributed by atoms with Crippen molar-refractivity contribution in [3.63, 3.8) is 0 Å². The Morgan fingerprint density at radius 3 is 2.82 bits per heavy atom. The third-order valence-electron chi connectivity index (χ3n) is 2.44. The predicted molar refractivity (Wildman–Crippen MR) is 66.9 cm³/mol. The highest BCUT2D eigenvalue weighted by atomic mass is 32.2. The third kappa shape index (κ3) is 2.77. The summed E-state index contributed by atoms with van der Waals surface area (Å²) in [6.07, 6.45) is 0. The van der Waals surface area contributed by atoms with Crippen molar-refractivity contribution in [3.8, 4) is 0 Å². The highest BCUT2D eigenvalue weighted by Crippen LogP contribution is 2.24. The maximum absolute atomic E-state index is 10.4. The minimum atomic E-state index is -1.07. The van der Waals surface area contributed by atoms with Crippen LogP contribution in [0.4, 0.5) is 0 Å². The number of carbonyl (C=O) groups is 1. The van der Waals surface area contributed by atoms with Crippen molar-refractivity contribution in [2.45, 2.75) is 18.9 Å². The Bertz CT molecular complexity index is 581. The summed E-state index contributed by atoms with van der Waals surface area (Å²) >= 11 is 1.20. The summed E-state index contributed by atoms with van der Waals surface area (Å²) in [5, 5.41) is 12.3. The molecule has 0 atom stereocenters. The summed E-state index contributed by atoms with van der Waals surface area (Å²) in [6, 6.07) is 8.06. The fourth-order valence-electron chi connectivity index (χ4n) is 1.66. The molecule has 3 nitrogen and oxygen atoms in total. The van der Waals surface area contributed by atoms with E-state index in [1.807, 2.05) is 32.0 Å². The summed E-state index contributed by atoms with van der Waals surface area (Å²) in [4.78, 5) is 14.9. The Kier molecular flexibility index (Phi) is 3.33. The summed E-state index contributed by atoms with van der Waals surface area (Å²) in [6.45, 7) is 3.97. The molecule has 0 amide bonds. The van der Waals surface area contributed by atoms with Gasteiger partial charge >= 0.3 is 0 Å². The van der Waals surface area contributed by atoms with Crippen molar-refractivity contribution in [1.82, 2.24) is 4.98 Å². The average Bonchev–Trinajstić information content (AvgIpc) is 2.26. The van der Waals surface area contributed by atoms with Gasteiger partial charge in [0, 0.05) is 11.1 Å². The van der Waals surface area contributed by atoms with Crippen molar-refractivity contribution in [2.75, 3.05) is 5.75 Å². The molecule has 0 saturated heterocycles.